The van der Waals surface area contributed by atoms with Gasteiger partial charge in [0.05, 0.1) is 6.61 Å². The van der Waals surface area contributed by atoms with Gasteiger partial charge in [-0.2, -0.15) is 0 Å². The molecule has 0 bridgehead atoms. The second-order valence-electron chi connectivity index (χ2n) is 5.10. The predicted molar refractivity (Wildman–Crippen MR) is 70.9 cm³/mol. The summed E-state index contributed by atoms with van der Waals surface area (Å²) < 4.78 is 5.52. The zero-order valence-corrected chi connectivity index (χ0v) is 11.7. The minimum atomic E-state index is -0.159. The molecule has 1 aliphatic rings. The molecule has 19 heavy (non-hydrogen) atoms. The van der Waals surface area contributed by atoms with Gasteiger partial charge in [-0.05, 0) is 25.2 Å². The molecule has 6 heteroatoms. The highest BCUT2D eigenvalue weighted by molar-refractivity contribution is 5.90. The van der Waals surface area contributed by atoms with Gasteiger partial charge in [0.25, 0.3) is 5.91 Å². The quantitative estimate of drug-likeness (QED) is 0.719. The highest BCUT2D eigenvalue weighted by Crippen LogP contribution is 2.28. The minimum absolute atomic E-state index is 0.159. The van der Waals surface area contributed by atoms with Crippen molar-refractivity contribution in [2.75, 3.05) is 26.8 Å². The van der Waals surface area contributed by atoms with Crippen molar-refractivity contribution in [3.05, 3.63) is 11.6 Å². The molecule has 1 amide bonds. The second-order valence-corrected chi connectivity index (χ2v) is 5.10. The van der Waals surface area contributed by atoms with Gasteiger partial charge in [-0.3, -0.25) is 9.89 Å². The van der Waals surface area contributed by atoms with E-state index in [1.807, 2.05) is 0 Å². The maximum atomic E-state index is 12.0. The topological polar surface area (TPSA) is 71.1 Å². The molecule has 0 aliphatic heterocycles. The molecule has 0 unspecified atom stereocenters. The van der Waals surface area contributed by atoms with Crippen LogP contribution in [0.5, 0.6) is 0 Å². The number of amides is 1. The molecule has 0 aromatic carbocycles. The summed E-state index contributed by atoms with van der Waals surface area (Å²) in [5.74, 6) is 1.61. The van der Waals surface area contributed by atoms with Crippen LogP contribution in [0.4, 0.5) is 0 Å². The van der Waals surface area contributed by atoms with Crippen molar-refractivity contribution >= 4 is 5.91 Å². The number of nitrogens with one attached hydrogen (secondary N) is 1. The van der Waals surface area contributed by atoms with E-state index in [0.717, 1.165) is 31.2 Å². The molecule has 1 aromatic rings. The lowest BCUT2D eigenvalue weighted by molar-refractivity contribution is 0.0671. The van der Waals surface area contributed by atoms with E-state index in [1.54, 1.807) is 11.9 Å². The van der Waals surface area contributed by atoms with Crippen molar-refractivity contribution in [2.24, 2.45) is 5.92 Å². The molecule has 0 saturated heterocycles. The third-order valence-corrected chi connectivity index (χ3v) is 3.18. The first-order valence-electron chi connectivity index (χ1n) is 6.95. The SMILES string of the molecule is CCCc1nc(C(=O)N(C)CCOCC2CC2)n[nH]1. The van der Waals surface area contributed by atoms with Crippen molar-refractivity contribution < 1.29 is 9.53 Å². The van der Waals surface area contributed by atoms with Gasteiger partial charge in [0.2, 0.25) is 5.82 Å². The molecular formula is C13H22N4O2. The van der Waals surface area contributed by atoms with Gasteiger partial charge in [-0.15, -0.1) is 5.10 Å². The van der Waals surface area contributed by atoms with Crippen LogP contribution in [0.15, 0.2) is 0 Å². The van der Waals surface area contributed by atoms with E-state index < -0.39 is 0 Å². The Morgan fingerprint density at radius 1 is 1.53 bits per heavy atom. The van der Waals surface area contributed by atoms with Gasteiger partial charge < -0.3 is 9.64 Å². The van der Waals surface area contributed by atoms with Crippen LogP contribution in [0, 0.1) is 5.92 Å². The molecule has 106 valence electrons. The molecule has 0 atom stereocenters. The van der Waals surface area contributed by atoms with Crippen LogP contribution < -0.4 is 0 Å². The number of hydrogen-bond acceptors (Lipinski definition) is 4. The summed E-state index contributed by atoms with van der Waals surface area (Å²) in [5, 5.41) is 6.75. The number of H-pyrrole nitrogens is 1. The summed E-state index contributed by atoms with van der Waals surface area (Å²) in [6.07, 6.45) is 4.36. The zero-order chi connectivity index (χ0) is 13.7. The molecule has 1 saturated carbocycles. The number of rotatable bonds is 8. The predicted octanol–water partition coefficient (Wildman–Crippen LogP) is 1.26. The van der Waals surface area contributed by atoms with Crippen molar-refractivity contribution in [2.45, 2.75) is 32.6 Å². The average Bonchev–Trinajstić information content (AvgIpc) is 3.12. The van der Waals surface area contributed by atoms with Crippen molar-refractivity contribution in [1.82, 2.24) is 20.1 Å². The molecule has 2 rings (SSSR count). The molecule has 0 radical (unpaired) electrons. The summed E-state index contributed by atoms with van der Waals surface area (Å²) in [7, 11) is 1.75. The average molecular weight is 266 g/mol. The second kappa shape index (κ2) is 6.65. The number of aromatic amines is 1. The third-order valence-electron chi connectivity index (χ3n) is 3.18. The van der Waals surface area contributed by atoms with Gasteiger partial charge in [0.1, 0.15) is 5.82 Å². The molecule has 1 aliphatic carbocycles. The highest BCUT2D eigenvalue weighted by Gasteiger charge is 2.21. The zero-order valence-electron chi connectivity index (χ0n) is 11.7. The van der Waals surface area contributed by atoms with Crippen LogP contribution in [-0.4, -0.2) is 52.8 Å². The number of aromatic nitrogens is 3. The molecular weight excluding hydrogens is 244 g/mol. The van der Waals surface area contributed by atoms with Crippen molar-refractivity contribution in [3.8, 4) is 0 Å². The third kappa shape index (κ3) is 4.31. The van der Waals surface area contributed by atoms with Crippen LogP contribution in [-0.2, 0) is 11.2 Å². The number of hydrogen-bond donors (Lipinski definition) is 1. The molecule has 1 aromatic heterocycles. The fourth-order valence-corrected chi connectivity index (χ4v) is 1.75. The number of carbonyl (C=O) groups excluding carboxylic acids is 1. The van der Waals surface area contributed by atoms with E-state index in [-0.39, 0.29) is 11.7 Å². The number of likely N-dealkylation sites (N-methyl/N-ethyl adjacent to an activating group) is 1. The smallest absolute Gasteiger partial charge is 0.293 e. The summed E-state index contributed by atoms with van der Waals surface area (Å²) in [6, 6.07) is 0. The largest absolute Gasteiger partial charge is 0.379 e. The lowest BCUT2D eigenvalue weighted by atomic mass is 10.3. The Kier molecular flexibility index (Phi) is 4.90. The monoisotopic (exact) mass is 266 g/mol. The van der Waals surface area contributed by atoms with Crippen LogP contribution in [0.25, 0.3) is 0 Å². The van der Waals surface area contributed by atoms with Crippen LogP contribution in [0.1, 0.15) is 42.6 Å². The van der Waals surface area contributed by atoms with E-state index in [9.17, 15) is 4.79 Å². The first-order valence-corrected chi connectivity index (χ1v) is 6.95. The van der Waals surface area contributed by atoms with Gasteiger partial charge in [0.15, 0.2) is 0 Å². The summed E-state index contributed by atoms with van der Waals surface area (Å²) >= 11 is 0. The molecule has 1 N–H and O–H groups in total. The first kappa shape index (κ1) is 14.0. The minimum Gasteiger partial charge on any atom is -0.379 e. The van der Waals surface area contributed by atoms with Crippen LogP contribution >= 0.6 is 0 Å². The van der Waals surface area contributed by atoms with Crippen molar-refractivity contribution in [3.63, 3.8) is 0 Å². The van der Waals surface area contributed by atoms with E-state index in [4.69, 9.17) is 4.74 Å². The standard InChI is InChI=1S/C13H22N4O2/c1-3-4-11-14-12(16-15-11)13(18)17(2)7-8-19-9-10-5-6-10/h10H,3-9H2,1-2H3,(H,14,15,16). The maximum Gasteiger partial charge on any atom is 0.293 e. The molecule has 1 heterocycles. The Hall–Kier alpha value is -1.43. The number of aryl methyl sites for hydroxylation is 1. The van der Waals surface area contributed by atoms with E-state index in [1.165, 1.54) is 12.8 Å². The molecule has 1 fully saturated rings. The van der Waals surface area contributed by atoms with Crippen molar-refractivity contribution in [1.29, 1.82) is 0 Å². The summed E-state index contributed by atoms with van der Waals surface area (Å²) in [6.45, 7) is 4.03. The first-order chi connectivity index (χ1) is 9.20. The van der Waals surface area contributed by atoms with Crippen LogP contribution in [0.2, 0.25) is 0 Å². The van der Waals surface area contributed by atoms with Gasteiger partial charge >= 0.3 is 0 Å². The fraction of sp³-hybridized carbons (Fsp3) is 0.769. The van der Waals surface area contributed by atoms with E-state index >= 15 is 0 Å². The van der Waals surface area contributed by atoms with Gasteiger partial charge in [-0.25, -0.2) is 4.98 Å². The lowest BCUT2D eigenvalue weighted by Gasteiger charge is -2.15. The van der Waals surface area contributed by atoms with E-state index in [0.29, 0.717) is 13.2 Å². The Morgan fingerprint density at radius 2 is 2.32 bits per heavy atom. The number of carbonyl (C=O) groups is 1. The summed E-state index contributed by atoms with van der Waals surface area (Å²) in [4.78, 5) is 17.8. The molecule has 0 spiro atoms. The fourth-order valence-electron chi connectivity index (χ4n) is 1.75. The van der Waals surface area contributed by atoms with Gasteiger partial charge in [0, 0.05) is 26.6 Å². The normalized spacial score (nSPS) is 14.6. The Labute approximate surface area is 113 Å². The van der Waals surface area contributed by atoms with Gasteiger partial charge in [-0.1, -0.05) is 6.92 Å². The Morgan fingerprint density at radius 3 is 3.00 bits per heavy atom. The van der Waals surface area contributed by atoms with Crippen LogP contribution in [0.3, 0.4) is 0 Å². The molecule has 6 nitrogen and oxygen atoms in total. The highest BCUT2D eigenvalue weighted by atomic mass is 16.5. The maximum absolute atomic E-state index is 12.0. The van der Waals surface area contributed by atoms with E-state index in [2.05, 4.69) is 22.1 Å². The number of nitrogens with zero attached hydrogens (tertiary/aromatic N) is 3. The Balaban J connectivity index is 1.73. The summed E-state index contributed by atoms with van der Waals surface area (Å²) in [5.41, 5.74) is 0. The lowest BCUT2D eigenvalue weighted by Crippen LogP contribution is -2.31. The number of ether oxygens (including phenoxy) is 1. The Bertz CT molecular complexity index is 415.